The molecule has 36 heavy (non-hydrogen) atoms. The Morgan fingerprint density at radius 1 is 1.14 bits per heavy atom. The fourth-order valence-electron chi connectivity index (χ4n) is 4.76. The number of benzene rings is 1. The number of carbonyl (C=O) groups is 3. The molecule has 2 aromatic heterocycles. The minimum absolute atomic E-state index is 0.130. The summed E-state index contributed by atoms with van der Waals surface area (Å²) in [5.74, 6) is -0.753. The van der Waals surface area contributed by atoms with Crippen LogP contribution in [0.2, 0.25) is 0 Å². The Morgan fingerprint density at radius 2 is 1.81 bits per heavy atom. The smallest absolute Gasteiger partial charge is 0.272 e. The predicted octanol–water partition coefficient (Wildman–Crippen LogP) is 1.25. The highest BCUT2D eigenvalue weighted by Gasteiger charge is 2.29. The maximum atomic E-state index is 13.5. The van der Waals surface area contributed by atoms with Crippen LogP contribution in [-0.4, -0.2) is 69.6 Å². The van der Waals surface area contributed by atoms with E-state index < -0.39 is 12.2 Å². The van der Waals surface area contributed by atoms with Crippen molar-refractivity contribution in [1.82, 2.24) is 19.4 Å². The number of aromatic nitrogens is 2. The number of carbonyl (C=O) groups excluding carboxylic acids is 3. The van der Waals surface area contributed by atoms with Gasteiger partial charge in [0.05, 0.1) is 19.2 Å². The number of rotatable bonds is 7. The van der Waals surface area contributed by atoms with Gasteiger partial charge in [-0.25, -0.2) is 0 Å². The van der Waals surface area contributed by atoms with Gasteiger partial charge in [0.1, 0.15) is 12.0 Å². The number of fused-ring (bicyclic) bond motifs is 1. The van der Waals surface area contributed by atoms with Crippen LogP contribution < -0.4 is 15.6 Å². The molecule has 1 fully saturated rings. The van der Waals surface area contributed by atoms with Gasteiger partial charge in [-0.3, -0.25) is 19.2 Å². The van der Waals surface area contributed by atoms with Crippen molar-refractivity contribution < 1.29 is 24.2 Å². The lowest BCUT2D eigenvalue weighted by molar-refractivity contribution is -0.135. The van der Waals surface area contributed by atoms with Gasteiger partial charge in [-0.2, -0.15) is 0 Å². The molecule has 1 aromatic carbocycles. The van der Waals surface area contributed by atoms with E-state index in [0.717, 1.165) is 0 Å². The van der Waals surface area contributed by atoms with E-state index in [1.807, 2.05) is 6.07 Å². The molecule has 0 saturated carbocycles. The lowest BCUT2D eigenvalue weighted by Crippen LogP contribution is -2.47. The first-order valence-corrected chi connectivity index (χ1v) is 11.8. The number of piperidine rings is 1. The Balaban J connectivity index is 1.64. The lowest BCUT2D eigenvalue weighted by Gasteiger charge is -2.32. The maximum absolute atomic E-state index is 13.5. The van der Waals surface area contributed by atoms with Gasteiger partial charge >= 0.3 is 0 Å². The highest BCUT2D eigenvalue weighted by Crippen LogP contribution is 2.31. The number of nitrogens with one attached hydrogen (secondary N) is 1. The summed E-state index contributed by atoms with van der Waals surface area (Å²) in [6.45, 7) is 1.97. The molecular weight excluding hydrogens is 464 g/mol. The van der Waals surface area contributed by atoms with Gasteiger partial charge in [-0.15, -0.1) is 0 Å². The third kappa shape index (κ3) is 4.64. The number of Topliss-reactive ketones (excluding diaryl/α,β-unsaturated/α-hetero) is 1. The SMILES string of the molecule is COc1c(C(=O)NC2CCN(C(=O)CO)CC2)n(C)c2cc(C)n(CC(=O)c3ccccc3)c(=O)c12. The highest BCUT2D eigenvalue weighted by atomic mass is 16.5. The Morgan fingerprint density at radius 3 is 2.42 bits per heavy atom. The number of ether oxygens (including phenoxy) is 1. The van der Waals surface area contributed by atoms with Gasteiger partial charge < -0.3 is 29.2 Å². The normalized spacial score (nSPS) is 14.2. The molecule has 1 saturated heterocycles. The first-order chi connectivity index (χ1) is 17.3. The molecule has 0 aliphatic carbocycles. The molecule has 2 N–H and O–H groups in total. The van der Waals surface area contributed by atoms with E-state index >= 15 is 0 Å². The minimum Gasteiger partial charge on any atom is -0.493 e. The molecule has 2 amide bonds. The Kier molecular flexibility index (Phi) is 7.25. The van der Waals surface area contributed by atoms with E-state index in [9.17, 15) is 19.2 Å². The van der Waals surface area contributed by atoms with Crippen molar-refractivity contribution in [3.8, 4) is 5.75 Å². The molecule has 10 heteroatoms. The maximum Gasteiger partial charge on any atom is 0.272 e. The monoisotopic (exact) mass is 494 g/mol. The average Bonchev–Trinajstić information content (AvgIpc) is 3.18. The van der Waals surface area contributed by atoms with Crippen LogP contribution in [0.25, 0.3) is 10.9 Å². The number of ketones is 1. The molecule has 3 heterocycles. The third-order valence-corrected chi connectivity index (χ3v) is 6.76. The van der Waals surface area contributed by atoms with Gasteiger partial charge in [0.15, 0.2) is 17.2 Å². The molecule has 0 atom stereocenters. The number of methoxy groups -OCH3 is 1. The first kappa shape index (κ1) is 25.2. The minimum atomic E-state index is -0.530. The van der Waals surface area contributed by atoms with Gasteiger partial charge in [-0.1, -0.05) is 30.3 Å². The summed E-state index contributed by atoms with van der Waals surface area (Å²) in [7, 11) is 3.10. The van der Waals surface area contributed by atoms with Crippen molar-refractivity contribution in [3.05, 3.63) is 63.7 Å². The van der Waals surface area contributed by atoms with Gasteiger partial charge in [0.2, 0.25) is 5.91 Å². The summed E-state index contributed by atoms with van der Waals surface area (Å²) in [4.78, 5) is 52.9. The van der Waals surface area contributed by atoms with Gasteiger partial charge in [0, 0.05) is 37.4 Å². The molecule has 0 unspecified atom stereocenters. The van der Waals surface area contributed by atoms with E-state index in [1.54, 1.807) is 53.8 Å². The molecule has 0 spiro atoms. The van der Waals surface area contributed by atoms with Crippen LogP contribution in [0.5, 0.6) is 5.75 Å². The van der Waals surface area contributed by atoms with Crippen LogP contribution in [0.4, 0.5) is 0 Å². The quantitative estimate of drug-likeness (QED) is 0.477. The largest absolute Gasteiger partial charge is 0.493 e. The van der Waals surface area contributed by atoms with E-state index in [2.05, 4.69) is 5.32 Å². The zero-order valence-corrected chi connectivity index (χ0v) is 20.6. The van der Waals surface area contributed by atoms with Crippen LogP contribution >= 0.6 is 0 Å². The number of likely N-dealkylation sites (tertiary alicyclic amines) is 1. The zero-order chi connectivity index (χ0) is 26.0. The standard InChI is InChI=1S/C26H30N4O6/c1-16-13-19-22(26(35)30(16)14-20(32)17-7-5-4-6-8-17)24(36-3)23(28(19)2)25(34)27-18-9-11-29(12-10-18)21(33)15-31/h4-8,13,18,31H,9-12,14-15H2,1-3H3,(H,27,34). The van der Waals surface area contributed by atoms with Gasteiger partial charge in [0.25, 0.3) is 11.5 Å². The number of nitrogens with zero attached hydrogens (tertiary/aromatic N) is 3. The summed E-state index contributed by atoms with van der Waals surface area (Å²) in [6, 6.07) is 10.4. The molecule has 10 nitrogen and oxygen atoms in total. The van der Waals surface area contributed by atoms with Crippen molar-refractivity contribution in [3.63, 3.8) is 0 Å². The van der Waals surface area contributed by atoms with Crippen molar-refractivity contribution >= 4 is 28.5 Å². The number of aliphatic hydroxyl groups excluding tert-OH is 1. The van der Waals surface area contributed by atoms with Crippen LogP contribution in [-0.2, 0) is 18.4 Å². The van der Waals surface area contributed by atoms with Crippen molar-refractivity contribution in [2.45, 2.75) is 32.4 Å². The topological polar surface area (TPSA) is 123 Å². The zero-order valence-electron chi connectivity index (χ0n) is 20.6. The second kappa shape index (κ2) is 10.4. The number of hydrogen-bond acceptors (Lipinski definition) is 6. The van der Waals surface area contributed by atoms with E-state index in [4.69, 9.17) is 9.84 Å². The van der Waals surface area contributed by atoms with Crippen LogP contribution in [0.1, 0.15) is 39.4 Å². The number of pyridine rings is 1. The van der Waals surface area contributed by atoms with Crippen LogP contribution in [0.3, 0.4) is 0 Å². The molecular formula is C26H30N4O6. The second-order valence-corrected chi connectivity index (χ2v) is 8.95. The Hall–Kier alpha value is -3.92. The van der Waals surface area contributed by atoms with E-state index in [1.165, 1.54) is 11.7 Å². The highest BCUT2D eigenvalue weighted by molar-refractivity contribution is 6.04. The third-order valence-electron chi connectivity index (χ3n) is 6.76. The van der Waals surface area contributed by atoms with Crippen molar-refractivity contribution in [1.29, 1.82) is 0 Å². The van der Waals surface area contributed by atoms with E-state index in [0.29, 0.717) is 42.7 Å². The second-order valence-electron chi connectivity index (χ2n) is 8.95. The number of amides is 2. The average molecular weight is 495 g/mol. The molecule has 190 valence electrons. The fourth-order valence-corrected chi connectivity index (χ4v) is 4.76. The summed E-state index contributed by atoms with van der Waals surface area (Å²) >= 11 is 0. The Bertz CT molecular complexity index is 1370. The van der Waals surface area contributed by atoms with Gasteiger partial charge in [-0.05, 0) is 25.8 Å². The summed E-state index contributed by atoms with van der Waals surface area (Å²) in [6.07, 6.45) is 1.11. The van der Waals surface area contributed by atoms with Crippen LogP contribution in [0, 0.1) is 6.92 Å². The molecule has 0 bridgehead atoms. The number of aryl methyl sites for hydroxylation is 2. The molecule has 1 aliphatic rings. The number of hydrogen-bond donors (Lipinski definition) is 2. The van der Waals surface area contributed by atoms with Crippen molar-refractivity contribution in [2.75, 3.05) is 26.8 Å². The molecule has 0 radical (unpaired) electrons. The summed E-state index contributed by atoms with van der Waals surface area (Å²) in [5.41, 5.74) is 1.44. The molecule has 4 rings (SSSR count). The summed E-state index contributed by atoms with van der Waals surface area (Å²) < 4.78 is 8.59. The predicted molar refractivity (Wildman–Crippen MR) is 133 cm³/mol. The molecule has 3 aromatic rings. The number of aliphatic hydroxyl groups is 1. The Labute approximate surface area is 208 Å². The summed E-state index contributed by atoms with van der Waals surface area (Å²) in [5, 5.41) is 12.3. The van der Waals surface area contributed by atoms with E-state index in [-0.39, 0.29) is 47.0 Å². The first-order valence-electron chi connectivity index (χ1n) is 11.8. The fraction of sp³-hybridized carbons (Fsp3) is 0.385. The molecule has 1 aliphatic heterocycles. The van der Waals surface area contributed by atoms with Crippen LogP contribution in [0.15, 0.2) is 41.2 Å². The lowest BCUT2D eigenvalue weighted by atomic mass is 10.0. The van der Waals surface area contributed by atoms with Crippen molar-refractivity contribution in [2.24, 2.45) is 7.05 Å².